The Labute approximate surface area is 176 Å². The van der Waals surface area contributed by atoms with Gasteiger partial charge in [0, 0.05) is 12.1 Å². The summed E-state index contributed by atoms with van der Waals surface area (Å²) in [4.78, 5) is 23.7. The van der Waals surface area contributed by atoms with E-state index >= 15 is 0 Å². The average Bonchev–Trinajstić information content (AvgIpc) is 2.79. The first-order valence-corrected chi connectivity index (χ1v) is 9.87. The van der Waals surface area contributed by atoms with Gasteiger partial charge in [-0.2, -0.15) is 0 Å². The number of esters is 1. The summed E-state index contributed by atoms with van der Waals surface area (Å²) in [6, 6.07) is 24.8. The Morgan fingerprint density at radius 2 is 1.63 bits per heavy atom. The average molecular weight is 402 g/mol. The molecular formula is C25H26N2O3. The zero-order valence-electron chi connectivity index (χ0n) is 17.0. The molecule has 0 radical (unpaired) electrons. The van der Waals surface area contributed by atoms with Gasteiger partial charge in [0.1, 0.15) is 6.04 Å². The summed E-state index contributed by atoms with van der Waals surface area (Å²) in [5, 5.41) is 3.22. The SMILES string of the molecule is COC(=O)C(N)Cc1ccc(-c2cccc(CNCC(=O)c3ccccc3)c2)cc1. The van der Waals surface area contributed by atoms with Crippen LogP contribution in [0.5, 0.6) is 0 Å². The van der Waals surface area contributed by atoms with Crippen molar-refractivity contribution in [1.29, 1.82) is 0 Å². The van der Waals surface area contributed by atoms with Crippen LogP contribution in [-0.2, 0) is 22.5 Å². The number of hydrogen-bond acceptors (Lipinski definition) is 5. The highest BCUT2D eigenvalue weighted by Crippen LogP contribution is 2.21. The van der Waals surface area contributed by atoms with Gasteiger partial charge in [-0.1, -0.05) is 72.8 Å². The van der Waals surface area contributed by atoms with Crippen molar-refractivity contribution in [3.8, 4) is 11.1 Å². The molecule has 0 aliphatic heterocycles. The van der Waals surface area contributed by atoms with Gasteiger partial charge in [-0.25, -0.2) is 0 Å². The van der Waals surface area contributed by atoms with Crippen LogP contribution in [0, 0.1) is 0 Å². The Kier molecular flexibility index (Phi) is 7.49. The fourth-order valence-corrected chi connectivity index (χ4v) is 3.23. The van der Waals surface area contributed by atoms with Crippen molar-refractivity contribution in [3.05, 3.63) is 95.6 Å². The zero-order valence-corrected chi connectivity index (χ0v) is 17.0. The topological polar surface area (TPSA) is 81.4 Å². The van der Waals surface area contributed by atoms with Gasteiger partial charge in [-0.15, -0.1) is 0 Å². The van der Waals surface area contributed by atoms with Crippen LogP contribution >= 0.6 is 0 Å². The van der Waals surface area contributed by atoms with E-state index in [0.29, 0.717) is 25.1 Å². The highest BCUT2D eigenvalue weighted by molar-refractivity contribution is 5.97. The Balaban J connectivity index is 1.58. The molecule has 0 aromatic heterocycles. The molecule has 5 nitrogen and oxygen atoms in total. The third kappa shape index (κ3) is 5.86. The number of rotatable bonds is 9. The molecule has 0 spiro atoms. The van der Waals surface area contributed by atoms with Crippen molar-refractivity contribution in [2.45, 2.75) is 19.0 Å². The molecule has 3 aromatic rings. The fraction of sp³-hybridized carbons (Fsp3) is 0.200. The third-order valence-electron chi connectivity index (χ3n) is 4.88. The summed E-state index contributed by atoms with van der Waals surface area (Å²) in [6.07, 6.45) is 0.437. The minimum absolute atomic E-state index is 0.0764. The molecule has 3 rings (SSSR count). The molecule has 30 heavy (non-hydrogen) atoms. The van der Waals surface area contributed by atoms with Crippen molar-refractivity contribution in [2.75, 3.05) is 13.7 Å². The van der Waals surface area contributed by atoms with E-state index in [1.54, 1.807) is 0 Å². The molecule has 0 aliphatic rings. The summed E-state index contributed by atoms with van der Waals surface area (Å²) in [7, 11) is 1.34. The predicted octanol–water partition coefficient (Wildman–Crippen LogP) is 3.37. The first-order valence-electron chi connectivity index (χ1n) is 9.87. The number of carbonyl (C=O) groups excluding carboxylic acids is 2. The molecule has 0 bridgehead atoms. The number of Topliss-reactive ketones (excluding diaryl/α,β-unsaturated/α-hetero) is 1. The van der Waals surface area contributed by atoms with E-state index in [2.05, 4.69) is 16.1 Å². The molecule has 1 atom stereocenters. The first-order chi connectivity index (χ1) is 14.6. The molecule has 3 aromatic carbocycles. The summed E-state index contributed by atoms with van der Waals surface area (Å²) < 4.78 is 4.67. The van der Waals surface area contributed by atoms with Gasteiger partial charge < -0.3 is 15.8 Å². The van der Waals surface area contributed by atoms with E-state index < -0.39 is 12.0 Å². The largest absolute Gasteiger partial charge is 0.468 e. The molecule has 0 saturated heterocycles. The highest BCUT2D eigenvalue weighted by Gasteiger charge is 2.14. The van der Waals surface area contributed by atoms with E-state index in [9.17, 15) is 9.59 Å². The zero-order chi connectivity index (χ0) is 21.3. The lowest BCUT2D eigenvalue weighted by atomic mass is 9.99. The van der Waals surface area contributed by atoms with E-state index in [1.807, 2.05) is 72.8 Å². The van der Waals surface area contributed by atoms with Crippen LogP contribution in [0.25, 0.3) is 11.1 Å². The Hall–Kier alpha value is -3.28. The van der Waals surface area contributed by atoms with E-state index in [-0.39, 0.29) is 5.78 Å². The van der Waals surface area contributed by atoms with Gasteiger partial charge in [0.15, 0.2) is 5.78 Å². The number of nitrogens with two attached hydrogens (primary N) is 1. The molecule has 0 amide bonds. The minimum atomic E-state index is -0.658. The lowest BCUT2D eigenvalue weighted by Crippen LogP contribution is -2.33. The van der Waals surface area contributed by atoms with Crippen LogP contribution in [0.3, 0.4) is 0 Å². The number of hydrogen-bond donors (Lipinski definition) is 2. The Bertz CT molecular complexity index is 985. The number of ether oxygens (including phenoxy) is 1. The maximum atomic E-state index is 12.2. The van der Waals surface area contributed by atoms with Gasteiger partial charge in [0.2, 0.25) is 0 Å². The maximum Gasteiger partial charge on any atom is 0.322 e. The third-order valence-corrected chi connectivity index (χ3v) is 4.88. The molecule has 1 unspecified atom stereocenters. The molecular weight excluding hydrogens is 376 g/mol. The van der Waals surface area contributed by atoms with Crippen molar-refractivity contribution in [1.82, 2.24) is 5.32 Å². The van der Waals surface area contributed by atoms with Crippen molar-refractivity contribution in [3.63, 3.8) is 0 Å². The van der Waals surface area contributed by atoms with Gasteiger partial charge in [-0.3, -0.25) is 9.59 Å². The summed E-state index contributed by atoms with van der Waals surface area (Å²) in [5.74, 6) is -0.336. The Morgan fingerprint density at radius 1 is 0.900 bits per heavy atom. The summed E-state index contributed by atoms with van der Waals surface area (Å²) >= 11 is 0. The van der Waals surface area contributed by atoms with Crippen LogP contribution in [0.15, 0.2) is 78.9 Å². The lowest BCUT2D eigenvalue weighted by molar-refractivity contribution is -0.142. The van der Waals surface area contributed by atoms with Crippen LogP contribution in [0.2, 0.25) is 0 Å². The van der Waals surface area contributed by atoms with E-state index in [0.717, 1.165) is 22.3 Å². The van der Waals surface area contributed by atoms with Gasteiger partial charge in [-0.05, 0) is 34.7 Å². The number of carbonyl (C=O) groups is 2. The molecule has 3 N–H and O–H groups in total. The summed E-state index contributed by atoms with van der Waals surface area (Å²) in [6.45, 7) is 0.905. The quantitative estimate of drug-likeness (QED) is 0.424. The van der Waals surface area contributed by atoms with Crippen molar-refractivity contribution >= 4 is 11.8 Å². The number of methoxy groups -OCH3 is 1. The second-order valence-corrected chi connectivity index (χ2v) is 7.12. The molecule has 154 valence electrons. The molecule has 0 fully saturated rings. The molecule has 0 heterocycles. The normalized spacial score (nSPS) is 11.7. The monoisotopic (exact) mass is 402 g/mol. The van der Waals surface area contributed by atoms with Gasteiger partial charge in [0.25, 0.3) is 0 Å². The van der Waals surface area contributed by atoms with Crippen LogP contribution in [-0.4, -0.2) is 31.4 Å². The van der Waals surface area contributed by atoms with Gasteiger partial charge >= 0.3 is 5.97 Å². The van der Waals surface area contributed by atoms with Gasteiger partial charge in [0.05, 0.1) is 13.7 Å². The van der Waals surface area contributed by atoms with Crippen LogP contribution in [0.4, 0.5) is 0 Å². The smallest absolute Gasteiger partial charge is 0.322 e. The predicted molar refractivity (Wildman–Crippen MR) is 118 cm³/mol. The minimum Gasteiger partial charge on any atom is -0.468 e. The first kappa shape index (κ1) is 21.4. The number of ketones is 1. The lowest BCUT2D eigenvalue weighted by Gasteiger charge is -2.10. The summed E-state index contributed by atoms with van der Waals surface area (Å²) in [5.41, 5.74) is 10.8. The van der Waals surface area contributed by atoms with E-state index in [1.165, 1.54) is 7.11 Å². The van der Waals surface area contributed by atoms with Crippen LogP contribution in [0.1, 0.15) is 21.5 Å². The van der Waals surface area contributed by atoms with Crippen molar-refractivity contribution < 1.29 is 14.3 Å². The molecule has 5 heteroatoms. The second-order valence-electron chi connectivity index (χ2n) is 7.12. The molecule has 0 saturated carbocycles. The van der Waals surface area contributed by atoms with Crippen LogP contribution < -0.4 is 11.1 Å². The number of nitrogens with one attached hydrogen (secondary N) is 1. The second kappa shape index (κ2) is 10.5. The fourth-order valence-electron chi connectivity index (χ4n) is 3.23. The standard InChI is InChI=1S/C25H26N2O3/c1-30-25(29)23(26)15-18-10-12-20(13-11-18)22-9-5-6-19(14-22)16-27-17-24(28)21-7-3-2-4-8-21/h2-14,23,27H,15-17,26H2,1H3. The van der Waals surface area contributed by atoms with E-state index in [4.69, 9.17) is 5.73 Å². The maximum absolute atomic E-state index is 12.2. The number of benzene rings is 3. The Morgan fingerprint density at radius 3 is 2.33 bits per heavy atom. The molecule has 0 aliphatic carbocycles. The highest BCUT2D eigenvalue weighted by atomic mass is 16.5. The van der Waals surface area contributed by atoms with Crippen molar-refractivity contribution in [2.24, 2.45) is 5.73 Å².